The number of imidazole rings is 1. The number of hydrogen-bond donors (Lipinski definition) is 4. The molecule has 0 amide bonds. The van der Waals surface area contributed by atoms with E-state index in [1.54, 1.807) is 18.6 Å². The number of likely N-dealkylation sites (N-methyl/N-ethyl adjacent to an activating group) is 1. The second kappa shape index (κ2) is 12.4. The summed E-state index contributed by atoms with van der Waals surface area (Å²) >= 11 is 0. The van der Waals surface area contributed by atoms with E-state index in [4.69, 9.17) is 9.72 Å². The van der Waals surface area contributed by atoms with Crippen LogP contribution in [0.4, 0.5) is 10.1 Å². The third-order valence-electron chi connectivity index (χ3n) is 7.65. The number of benzene rings is 3. The van der Waals surface area contributed by atoms with Crippen LogP contribution in [-0.2, 0) is 0 Å². The molecule has 7 aromatic rings. The summed E-state index contributed by atoms with van der Waals surface area (Å²) in [6.07, 6.45) is 4.24. The minimum atomic E-state index is -0.873. The van der Waals surface area contributed by atoms with Gasteiger partial charge in [-0.1, -0.05) is 36.4 Å². The fourth-order valence-electron chi connectivity index (χ4n) is 5.33. The van der Waals surface area contributed by atoms with E-state index in [-0.39, 0.29) is 0 Å². The van der Waals surface area contributed by atoms with Crippen molar-refractivity contribution in [1.29, 1.82) is 0 Å². The summed E-state index contributed by atoms with van der Waals surface area (Å²) < 4.78 is 20.5. The Bertz CT molecular complexity index is 2140. The monoisotopic (exact) mass is 614 g/mol. The lowest BCUT2D eigenvalue weighted by atomic mass is 10.0. The summed E-state index contributed by atoms with van der Waals surface area (Å²) in [5.41, 5.74) is 7.17. The van der Waals surface area contributed by atoms with Crippen LogP contribution in [0.25, 0.3) is 55.8 Å². The molecule has 0 aliphatic rings. The van der Waals surface area contributed by atoms with Crippen LogP contribution in [0.15, 0.2) is 97.5 Å². The second-order valence-electron chi connectivity index (χ2n) is 11.2. The SMILES string of the molecule is CN(C)CCOc1cc(F)cc(-c2ccnc3[nH]c(-c4n[nH]c5ccc(-c6cncc(NC(O)c7ccccc7)c6)cc45)nc23)c1. The number of halogens is 1. The number of H-pyrrole nitrogens is 2. The van der Waals surface area contributed by atoms with E-state index in [2.05, 4.69) is 30.5 Å². The zero-order valence-electron chi connectivity index (χ0n) is 25.2. The first-order chi connectivity index (χ1) is 22.4. The highest BCUT2D eigenvalue weighted by molar-refractivity contribution is 5.97. The number of rotatable bonds is 10. The molecule has 11 heteroatoms. The van der Waals surface area contributed by atoms with Gasteiger partial charge in [-0.05, 0) is 61.6 Å². The van der Waals surface area contributed by atoms with Gasteiger partial charge < -0.3 is 25.0 Å². The van der Waals surface area contributed by atoms with Gasteiger partial charge in [-0.3, -0.25) is 10.1 Å². The fraction of sp³-hybridized carbons (Fsp3) is 0.143. The quantitative estimate of drug-likeness (QED) is 0.130. The fourth-order valence-corrected chi connectivity index (χ4v) is 5.33. The molecule has 4 N–H and O–H groups in total. The summed E-state index contributed by atoms with van der Waals surface area (Å²) in [4.78, 5) is 19.1. The molecule has 0 fully saturated rings. The number of hydrogen-bond acceptors (Lipinski definition) is 8. The van der Waals surface area contributed by atoms with E-state index in [0.717, 1.165) is 33.2 Å². The Balaban J connectivity index is 1.20. The lowest BCUT2D eigenvalue weighted by molar-refractivity contribution is 0.208. The Morgan fingerprint density at radius 3 is 2.67 bits per heavy atom. The molecule has 0 radical (unpaired) electrons. The third kappa shape index (κ3) is 6.01. The van der Waals surface area contributed by atoms with Crippen molar-refractivity contribution in [2.75, 3.05) is 32.6 Å². The van der Waals surface area contributed by atoms with E-state index in [1.165, 1.54) is 12.1 Å². The maximum atomic E-state index is 14.7. The van der Waals surface area contributed by atoms with Crippen LogP contribution in [0, 0.1) is 5.82 Å². The molecule has 4 aromatic heterocycles. The molecule has 10 nitrogen and oxygen atoms in total. The first-order valence-electron chi connectivity index (χ1n) is 14.8. The minimum Gasteiger partial charge on any atom is -0.492 e. The van der Waals surface area contributed by atoms with Crippen LogP contribution >= 0.6 is 0 Å². The van der Waals surface area contributed by atoms with Crippen LogP contribution in [0.2, 0.25) is 0 Å². The number of nitrogens with zero attached hydrogens (tertiary/aromatic N) is 5. The molecule has 0 saturated carbocycles. The van der Waals surface area contributed by atoms with E-state index < -0.39 is 12.0 Å². The molecule has 1 unspecified atom stereocenters. The van der Waals surface area contributed by atoms with Gasteiger partial charge in [-0.25, -0.2) is 14.4 Å². The molecule has 3 aromatic carbocycles. The van der Waals surface area contributed by atoms with Gasteiger partial charge >= 0.3 is 0 Å². The van der Waals surface area contributed by atoms with Gasteiger partial charge in [-0.2, -0.15) is 5.10 Å². The number of aliphatic hydroxyl groups is 1. The second-order valence-corrected chi connectivity index (χ2v) is 11.2. The molecule has 0 bridgehead atoms. The van der Waals surface area contributed by atoms with Gasteiger partial charge in [0.25, 0.3) is 0 Å². The zero-order chi connectivity index (χ0) is 31.6. The Morgan fingerprint density at radius 1 is 0.957 bits per heavy atom. The number of aromatic nitrogens is 6. The normalized spacial score (nSPS) is 12.2. The van der Waals surface area contributed by atoms with Crippen molar-refractivity contribution in [1.82, 2.24) is 35.0 Å². The highest BCUT2D eigenvalue weighted by atomic mass is 19.1. The van der Waals surface area contributed by atoms with Crippen LogP contribution < -0.4 is 10.1 Å². The molecule has 0 saturated heterocycles. The van der Waals surface area contributed by atoms with Crippen molar-refractivity contribution >= 4 is 27.8 Å². The van der Waals surface area contributed by atoms with Gasteiger partial charge in [-0.15, -0.1) is 0 Å². The predicted octanol–water partition coefficient (Wildman–Crippen LogP) is 6.41. The number of nitrogens with one attached hydrogen (secondary N) is 3. The Hall–Kier alpha value is -5.65. The number of anilines is 1. The summed E-state index contributed by atoms with van der Waals surface area (Å²) in [6, 6.07) is 23.8. The van der Waals surface area contributed by atoms with Crippen LogP contribution in [0.5, 0.6) is 5.75 Å². The number of aliphatic hydroxyl groups excluding tert-OH is 1. The molecule has 0 aliphatic heterocycles. The van der Waals surface area contributed by atoms with Crippen LogP contribution in [-0.4, -0.2) is 67.4 Å². The molecule has 46 heavy (non-hydrogen) atoms. The predicted molar refractivity (Wildman–Crippen MR) is 177 cm³/mol. The molecule has 1 atom stereocenters. The molecule has 230 valence electrons. The number of pyridine rings is 2. The van der Waals surface area contributed by atoms with Crippen LogP contribution in [0.1, 0.15) is 11.8 Å². The standard InChI is InChI=1S/C35H31FN8O2/c1-44(2)12-13-46-27-16-23(14-25(36)18-27)28-10-11-38-33-31(28)40-34(41-33)32-29-17-22(8-9-30(29)42-43-32)24-15-26(20-37-19-24)39-35(45)21-6-4-3-5-7-21/h3-11,14-20,35,39,45H,12-13H2,1-2H3,(H,42,43)(H,38,40,41). The summed E-state index contributed by atoms with van der Waals surface area (Å²) in [7, 11) is 3.91. The van der Waals surface area contributed by atoms with Gasteiger partial charge in [0, 0.05) is 47.1 Å². The molecule has 0 spiro atoms. The lowest BCUT2D eigenvalue weighted by Crippen LogP contribution is -2.19. The largest absolute Gasteiger partial charge is 0.492 e. The Labute approximate surface area is 263 Å². The van der Waals surface area contributed by atoms with Crippen molar-refractivity contribution in [2.24, 2.45) is 0 Å². The highest BCUT2D eigenvalue weighted by Gasteiger charge is 2.18. The maximum Gasteiger partial charge on any atom is 0.160 e. The van der Waals surface area contributed by atoms with Crippen molar-refractivity contribution in [3.8, 4) is 39.5 Å². The van der Waals surface area contributed by atoms with E-state index >= 15 is 0 Å². The first kappa shape index (κ1) is 29.1. The van der Waals surface area contributed by atoms with Gasteiger partial charge in [0.05, 0.1) is 17.4 Å². The average molecular weight is 615 g/mol. The minimum absolute atomic E-state index is 0.396. The van der Waals surface area contributed by atoms with Crippen molar-refractivity contribution in [3.63, 3.8) is 0 Å². The van der Waals surface area contributed by atoms with Crippen molar-refractivity contribution in [2.45, 2.75) is 6.23 Å². The maximum absolute atomic E-state index is 14.7. The van der Waals surface area contributed by atoms with Gasteiger partial charge in [0.15, 0.2) is 17.7 Å². The number of ether oxygens (including phenoxy) is 1. The molecular formula is C35H31FN8O2. The van der Waals surface area contributed by atoms with Crippen molar-refractivity contribution < 1.29 is 14.2 Å². The van der Waals surface area contributed by atoms with E-state index in [1.807, 2.05) is 85.7 Å². The molecule has 4 heterocycles. The zero-order valence-corrected chi connectivity index (χ0v) is 25.2. The third-order valence-corrected chi connectivity index (χ3v) is 7.65. The molecule has 0 aliphatic carbocycles. The average Bonchev–Trinajstić information content (AvgIpc) is 3.69. The van der Waals surface area contributed by atoms with E-state index in [0.29, 0.717) is 52.8 Å². The molecule has 7 rings (SSSR count). The lowest BCUT2D eigenvalue weighted by Gasteiger charge is -2.15. The van der Waals surface area contributed by atoms with Crippen LogP contribution in [0.3, 0.4) is 0 Å². The number of fused-ring (bicyclic) bond motifs is 2. The molecular weight excluding hydrogens is 583 g/mol. The first-order valence-corrected chi connectivity index (χ1v) is 14.8. The van der Waals surface area contributed by atoms with E-state index in [9.17, 15) is 9.50 Å². The summed E-state index contributed by atoms with van der Waals surface area (Å²) in [5.74, 6) is 0.579. The van der Waals surface area contributed by atoms with Crippen molar-refractivity contribution in [3.05, 3.63) is 109 Å². The van der Waals surface area contributed by atoms with Gasteiger partial charge in [0.1, 0.15) is 29.4 Å². The Kier molecular flexibility index (Phi) is 7.83. The Morgan fingerprint density at radius 2 is 1.83 bits per heavy atom. The summed E-state index contributed by atoms with van der Waals surface area (Å²) in [5, 5.41) is 22.3. The summed E-state index contributed by atoms with van der Waals surface area (Å²) in [6.45, 7) is 1.15. The highest BCUT2D eigenvalue weighted by Crippen LogP contribution is 2.34. The van der Waals surface area contributed by atoms with Gasteiger partial charge in [0.2, 0.25) is 0 Å². The topological polar surface area (TPSA) is 128 Å². The number of aromatic amines is 2. The smallest absolute Gasteiger partial charge is 0.160 e.